The predicted molar refractivity (Wildman–Crippen MR) is 121 cm³/mol. The lowest BCUT2D eigenvalue weighted by atomic mass is 10.1. The molecular weight excluding hydrogens is 427 g/mol. The minimum atomic E-state index is -0.384. The third-order valence-corrected chi connectivity index (χ3v) is 4.89. The molecule has 1 amide bonds. The van der Waals surface area contributed by atoms with Crippen LogP contribution >= 0.6 is 23.2 Å². The molecule has 3 rings (SSSR count). The molecule has 0 radical (unpaired) electrons. The molecule has 2 aromatic carbocycles. The number of aromatic amines is 1. The summed E-state index contributed by atoms with van der Waals surface area (Å²) < 4.78 is 0. The van der Waals surface area contributed by atoms with Crippen LogP contribution in [0.4, 0.5) is 5.69 Å². The average molecular weight is 447 g/mol. The maximum Gasteiger partial charge on any atom is 0.232 e. The normalized spacial score (nSPS) is 12.2. The van der Waals surface area contributed by atoms with Crippen molar-refractivity contribution in [2.24, 2.45) is 15.9 Å². The number of hydrogen-bond acceptors (Lipinski definition) is 5. The van der Waals surface area contributed by atoms with Gasteiger partial charge in [-0.3, -0.25) is 10.1 Å². The van der Waals surface area contributed by atoms with E-state index in [9.17, 15) is 4.79 Å². The average Bonchev–Trinajstić information content (AvgIpc) is 3.14. The Morgan fingerprint density at radius 2 is 1.93 bits per heavy atom. The monoisotopic (exact) mass is 446 g/mol. The van der Waals surface area contributed by atoms with E-state index in [1.807, 2.05) is 24.3 Å². The van der Waals surface area contributed by atoms with Gasteiger partial charge >= 0.3 is 0 Å². The van der Waals surface area contributed by atoms with Crippen molar-refractivity contribution >= 4 is 57.4 Å². The number of halogens is 2. The number of aliphatic imine (C=N–C) groups is 1. The predicted octanol–water partition coefficient (Wildman–Crippen LogP) is 3.43. The van der Waals surface area contributed by atoms with Gasteiger partial charge in [0.05, 0.1) is 34.4 Å². The van der Waals surface area contributed by atoms with Crippen molar-refractivity contribution < 1.29 is 9.63 Å². The van der Waals surface area contributed by atoms with E-state index < -0.39 is 0 Å². The number of carbonyl (C=O) groups excluding carboxylic acids is 1. The third-order valence-electron chi connectivity index (χ3n) is 4.27. The van der Waals surface area contributed by atoms with Crippen LogP contribution in [0.25, 0.3) is 10.9 Å². The van der Waals surface area contributed by atoms with Crippen LogP contribution in [-0.2, 0) is 16.2 Å². The lowest BCUT2D eigenvalue weighted by Crippen LogP contribution is -2.37. The minimum absolute atomic E-state index is 0.0419. The first-order valence-corrected chi connectivity index (χ1v) is 9.64. The number of carbonyl (C=O) groups is 1. The summed E-state index contributed by atoms with van der Waals surface area (Å²) in [5.41, 5.74) is 14.7. The number of benzene rings is 2. The second-order valence-corrected chi connectivity index (χ2v) is 7.18. The number of hydrogen-bond donors (Lipinski definition) is 4. The van der Waals surface area contributed by atoms with E-state index in [1.54, 1.807) is 18.3 Å². The van der Waals surface area contributed by atoms with E-state index in [-0.39, 0.29) is 24.8 Å². The van der Waals surface area contributed by atoms with Crippen molar-refractivity contribution in [2.75, 3.05) is 12.8 Å². The quantitative estimate of drug-likeness (QED) is 0.200. The highest BCUT2D eigenvalue weighted by molar-refractivity contribution is 6.38. The Labute approximate surface area is 182 Å². The Bertz CT molecular complexity index is 1120. The molecule has 156 valence electrons. The first-order valence-electron chi connectivity index (χ1n) is 8.88. The summed E-state index contributed by atoms with van der Waals surface area (Å²) in [6.07, 6.45) is 1.73. The fraction of sp³-hybridized carbons (Fsp3) is 0.150. The van der Waals surface area contributed by atoms with Crippen molar-refractivity contribution in [3.63, 3.8) is 0 Å². The zero-order chi connectivity index (χ0) is 21.7. The van der Waals surface area contributed by atoms with E-state index in [4.69, 9.17) is 39.5 Å². The largest absolute Gasteiger partial charge is 0.399 e. The van der Waals surface area contributed by atoms with Crippen LogP contribution in [-0.4, -0.2) is 29.7 Å². The molecule has 8 nitrogen and oxygen atoms in total. The number of para-hydroxylation sites is 1. The second-order valence-electron chi connectivity index (χ2n) is 6.37. The number of nitrogens with two attached hydrogens (primary N) is 2. The number of oxime groups is 1. The van der Waals surface area contributed by atoms with Gasteiger partial charge in [-0.2, -0.15) is 0 Å². The Balaban J connectivity index is 1.68. The van der Waals surface area contributed by atoms with Crippen LogP contribution in [0.15, 0.2) is 52.7 Å². The van der Waals surface area contributed by atoms with Crippen molar-refractivity contribution in [1.29, 1.82) is 0 Å². The zero-order valence-corrected chi connectivity index (χ0v) is 17.6. The molecule has 0 spiro atoms. The number of nitrogens with zero attached hydrogens (tertiary/aromatic N) is 2. The second kappa shape index (κ2) is 9.51. The number of rotatable bonds is 6. The van der Waals surface area contributed by atoms with Crippen LogP contribution in [0.1, 0.15) is 17.5 Å². The molecule has 1 heterocycles. The number of fused-ring (bicyclic) bond motifs is 1. The molecule has 1 aromatic heterocycles. The molecule has 30 heavy (non-hydrogen) atoms. The summed E-state index contributed by atoms with van der Waals surface area (Å²) in [6.45, 7) is 0.174. The van der Waals surface area contributed by atoms with Gasteiger partial charge in [0.1, 0.15) is 7.11 Å². The molecule has 0 fully saturated rings. The van der Waals surface area contributed by atoms with E-state index in [1.165, 1.54) is 7.11 Å². The topological polar surface area (TPSA) is 131 Å². The fourth-order valence-corrected chi connectivity index (χ4v) is 3.41. The molecule has 10 heteroatoms. The first kappa shape index (κ1) is 21.5. The SMILES string of the molecule is CO/N=C(/CC(=O)NC(N)=NCc1cc(Cl)c(N)c(Cl)c1)c1c[nH]c2ccccc12. The van der Waals surface area contributed by atoms with Gasteiger partial charge < -0.3 is 21.3 Å². The van der Waals surface area contributed by atoms with Crippen molar-refractivity contribution in [3.8, 4) is 0 Å². The molecule has 0 atom stereocenters. The summed E-state index contributed by atoms with van der Waals surface area (Å²) in [7, 11) is 1.42. The van der Waals surface area contributed by atoms with Crippen molar-refractivity contribution in [3.05, 3.63) is 63.8 Å². The maximum atomic E-state index is 12.5. The lowest BCUT2D eigenvalue weighted by molar-refractivity contribution is -0.118. The minimum Gasteiger partial charge on any atom is -0.399 e. The van der Waals surface area contributed by atoms with Gasteiger partial charge in [0.25, 0.3) is 0 Å². The molecule has 0 aliphatic rings. The van der Waals surface area contributed by atoms with E-state index in [2.05, 4.69) is 20.4 Å². The number of aromatic nitrogens is 1. The van der Waals surface area contributed by atoms with E-state index >= 15 is 0 Å². The van der Waals surface area contributed by atoms with Gasteiger partial charge in [-0.05, 0) is 23.8 Å². The third kappa shape index (κ3) is 5.03. The van der Waals surface area contributed by atoms with Gasteiger partial charge in [0.15, 0.2) is 5.96 Å². The maximum absolute atomic E-state index is 12.5. The molecule has 0 saturated heterocycles. The fourth-order valence-electron chi connectivity index (χ4n) is 2.88. The smallest absolute Gasteiger partial charge is 0.232 e. The summed E-state index contributed by atoms with van der Waals surface area (Å²) in [5.74, 6) is -0.425. The highest BCUT2D eigenvalue weighted by Crippen LogP contribution is 2.29. The number of H-pyrrole nitrogens is 1. The van der Waals surface area contributed by atoms with Crippen LogP contribution in [0.5, 0.6) is 0 Å². The molecule has 0 unspecified atom stereocenters. The van der Waals surface area contributed by atoms with E-state index in [0.717, 1.165) is 16.5 Å². The molecule has 0 saturated carbocycles. The number of guanidine groups is 1. The van der Waals surface area contributed by atoms with E-state index in [0.29, 0.717) is 27.0 Å². The zero-order valence-electron chi connectivity index (χ0n) is 16.1. The lowest BCUT2D eigenvalue weighted by Gasteiger charge is -2.08. The van der Waals surface area contributed by atoms with Crippen LogP contribution in [0, 0.1) is 0 Å². The molecule has 6 N–H and O–H groups in total. The van der Waals surface area contributed by atoms with Crippen LogP contribution in [0.3, 0.4) is 0 Å². The molecule has 3 aromatic rings. The Morgan fingerprint density at radius 3 is 2.63 bits per heavy atom. The van der Waals surface area contributed by atoms with Crippen molar-refractivity contribution in [1.82, 2.24) is 10.3 Å². The summed E-state index contributed by atoms with van der Waals surface area (Å²) in [6, 6.07) is 11.0. The number of nitrogens with one attached hydrogen (secondary N) is 2. The molecule has 0 aliphatic carbocycles. The van der Waals surface area contributed by atoms with Crippen LogP contribution < -0.4 is 16.8 Å². The van der Waals surface area contributed by atoms with Gasteiger partial charge in [-0.15, -0.1) is 0 Å². The number of amides is 1. The van der Waals surface area contributed by atoms with Gasteiger partial charge in [-0.25, -0.2) is 4.99 Å². The Hall–Kier alpha value is -3.23. The molecular formula is C20H20Cl2N6O2. The Kier molecular flexibility index (Phi) is 6.81. The highest BCUT2D eigenvalue weighted by atomic mass is 35.5. The van der Waals surface area contributed by atoms with Gasteiger partial charge in [0, 0.05) is 22.7 Å². The first-order chi connectivity index (χ1) is 14.4. The van der Waals surface area contributed by atoms with Gasteiger partial charge in [0.2, 0.25) is 5.91 Å². The Morgan fingerprint density at radius 1 is 1.23 bits per heavy atom. The number of nitrogen functional groups attached to an aromatic ring is 1. The summed E-state index contributed by atoms with van der Waals surface area (Å²) in [4.78, 5) is 24.7. The highest BCUT2D eigenvalue weighted by Gasteiger charge is 2.16. The molecule has 0 aliphatic heterocycles. The summed E-state index contributed by atoms with van der Waals surface area (Å²) in [5, 5.41) is 8.13. The summed E-state index contributed by atoms with van der Waals surface area (Å²) >= 11 is 12.0. The van der Waals surface area contributed by atoms with Crippen molar-refractivity contribution in [2.45, 2.75) is 13.0 Å². The van der Waals surface area contributed by atoms with Gasteiger partial charge in [-0.1, -0.05) is 46.6 Å². The number of anilines is 1. The van der Waals surface area contributed by atoms with Crippen LogP contribution in [0.2, 0.25) is 10.0 Å². The molecule has 0 bridgehead atoms. The standard InChI is InChI=1S/C20H20Cl2N6O2/c1-30-28-17(13-10-25-16-5-3-2-4-12(13)16)8-18(29)27-20(24)26-9-11-6-14(21)19(23)15(22)7-11/h2-7,10,25H,8-9,23H2,1H3,(H3,24,26,27,29)/b28-17-.